The predicted molar refractivity (Wildman–Crippen MR) is 65.5 cm³/mol. The zero-order valence-electron chi connectivity index (χ0n) is 8.87. The van der Waals surface area contributed by atoms with E-state index in [2.05, 4.69) is 11.4 Å². The van der Waals surface area contributed by atoms with Crippen LogP contribution >= 0.6 is 11.6 Å². The number of alkyl halides is 1. The second-order valence-corrected chi connectivity index (χ2v) is 3.41. The monoisotopic (exact) mass is 225 g/mol. The van der Waals surface area contributed by atoms with Crippen LogP contribution in [0.5, 0.6) is 0 Å². The minimum atomic E-state index is 0.557. The zero-order chi connectivity index (χ0) is 10.9. The molecule has 0 heterocycles. The lowest BCUT2D eigenvalue weighted by Crippen LogP contribution is -2.02. The fourth-order valence-corrected chi connectivity index (χ4v) is 1.42. The van der Waals surface area contributed by atoms with Gasteiger partial charge in [-0.15, -0.1) is 11.6 Å². The fraction of sp³-hybridized carbons (Fsp3) is 0.333. The number of para-hydroxylation sites is 1. The summed E-state index contributed by atoms with van der Waals surface area (Å²) in [7, 11) is 1.70. The third kappa shape index (κ3) is 4.36. The second-order valence-electron chi connectivity index (χ2n) is 3.10. The summed E-state index contributed by atoms with van der Waals surface area (Å²) in [5.74, 6) is 0.557. The topological polar surface area (TPSA) is 21.3 Å². The highest BCUT2D eigenvalue weighted by atomic mass is 35.5. The number of methoxy groups -OCH3 is 1. The van der Waals surface area contributed by atoms with Gasteiger partial charge in [0, 0.05) is 30.8 Å². The van der Waals surface area contributed by atoms with Crippen LogP contribution in [-0.2, 0) is 11.3 Å². The molecule has 0 atom stereocenters. The van der Waals surface area contributed by atoms with Crippen molar-refractivity contribution >= 4 is 17.3 Å². The van der Waals surface area contributed by atoms with Crippen molar-refractivity contribution < 1.29 is 4.74 Å². The van der Waals surface area contributed by atoms with Gasteiger partial charge in [0.25, 0.3) is 0 Å². The molecule has 0 saturated heterocycles. The van der Waals surface area contributed by atoms with Crippen LogP contribution in [-0.4, -0.2) is 19.5 Å². The quantitative estimate of drug-likeness (QED) is 0.594. The molecule has 0 bridgehead atoms. The summed E-state index contributed by atoms with van der Waals surface area (Å²) < 4.78 is 5.12. The molecule has 0 aliphatic carbocycles. The van der Waals surface area contributed by atoms with E-state index in [0.717, 1.165) is 12.2 Å². The summed E-state index contributed by atoms with van der Waals surface area (Å²) in [6.45, 7) is 1.41. The van der Waals surface area contributed by atoms with E-state index >= 15 is 0 Å². The standard InChI is InChI=1S/C12H16ClNO/c1-15-10-11-6-2-3-7-12(11)14-9-5-4-8-13/h2-7,14H,8-10H2,1H3/b5-4+. The van der Waals surface area contributed by atoms with Gasteiger partial charge in [0.1, 0.15) is 0 Å². The van der Waals surface area contributed by atoms with Crippen LogP contribution in [0.3, 0.4) is 0 Å². The smallest absolute Gasteiger partial charge is 0.0733 e. The van der Waals surface area contributed by atoms with Gasteiger partial charge in [0.2, 0.25) is 0 Å². The van der Waals surface area contributed by atoms with Crippen molar-refractivity contribution in [3.63, 3.8) is 0 Å². The Bertz CT molecular complexity index is 312. The highest BCUT2D eigenvalue weighted by molar-refractivity contribution is 6.18. The highest BCUT2D eigenvalue weighted by Crippen LogP contribution is 2.15. The van der Waals surface area contributed by atoms with Crippen molar-refractivity contribution in [2.24, 2.45) is 0 Å². The number of hydrogen-bond donors (Lipinski definition) is 1. The number of hydrogen-bond acceptors (Lipinski definition) is 2. The van der Waals surface area contributed by atoms with Crippen molar-refractivity contribution in [1.29, 1.82) is 0 Å². The lowest BCUT2D eigenvalue weighted by Gasteiger charge is -2.09. The van der Waals surface area contributed by atoms with Gasteiger partial charge in [0.05, 0.1) is 6.61 Å². The largest absolute Gasteiger partial charge is 0.381 e. The van der Waals surface area contributed by atoms with Crippen LogP contribution in [0.15, 0.2) is 36.4 Å². The predicted octanol–water partition coefficient (Wildman–Crippen LogP) is 3.04. The van der Waals surface area contributed by atoms with Crippen LogP contribution < -0.4 is 5.32 Å². The minimum Gasteiger partial charge on any atom is -0.381 e. The zero-order valence-corrected chi connectivity index (χ0v) is 9.63. The summed E-state index contributed by atoms with van der Waals surface area (Å²) in [5, 5.41) is 3.31. The van der Waals surface area contributed by atoms with E-state index < -0.39 is 0 Å². The van der Waals surface area contributed by atoms with Gasteiger partial charge in [0.15, 0.2) is 0 Å². The maximum absolute atomic E-state index is 5.53. The van der Waals surface area contributed by atoms with Gasteiger partial charge in [-0.25, -0.2) is 0 Å². The number of ether oxygens (including phenoxy) is 1. The maximum Gasteiger partial charge on any atom is 0.0733 e. The number of anilines is 1. The molecule has 0 radical (unpaired) electrons. The van der Waals surface area contributed by atoms with Gasteiger partial charge in [-0.05, 0) is 6.07 Å². The van der Waals surface area contributed by atoms with Crippen molar-refractivity contribution in [3.8, 4) is 0 Å². The Hall–Kier alpha value is -0.990. The average Bonchev–Trinajstić information content (AvgIpc) is 2.27. The molecule has 0 saturated carbocycles. The molecular weight excluding hydrogens is 210 g/mol. The first-order valence-corrected chi connectivity index (χ1v) is 5.43. The van der Waals surface area contributed by atoms with Crippen molar-refractivity contribution in [2.45, 2.75) is 6.61 Å². The third-order valence-corrected chi connectivity index (χ3v) is 2.16. The number of allylic oxidation sites excluding steroid dienone is 1. The lowest BCUT2D eigenvalue weighted by molar-refractivity contribution is 0.185. The molecule has 1 rings (SSSR count). The van der Waals surface area contributed by atoms with E-state index in [1.165, 1.54) is 5.56 Å². The summed E-state index contributed by atoms with van der Waals surface area (Å²) >= 11 is 5.53. The molecule has 1 aromatic rings. The first-order chi connectivity index (χ1) is 7.38. The summed E-state index contributed by atoms with van der Waals surface area (Å²) in [6.07, 6.45) is 3.93. The molecule has 15 heavy (non-hydrogen) atoms. The SMILES string of the molecule is COCc1ccccc1NC/C=C/CCl. The van der Waals surface area contributed by atoms with E-state index in [4.69, 9.17) is 16.3 Å². The van der Waals surface area contributed by atoms with Crippen LogP contribution in [0, 0.1) is 0 Å². The Labute approximate surface area is 95.9 Å². The Kier molecular flexibility index (Phi) is 5.90. The molecular formula is C12H16ClNO. The van der Waals surface area contributed by atoms with E-state index in [0.29, 0.717) is 12.5 Å². The van der Waals surface area contributed by atoms with Crippen LogP contribution in [0.25, 0.3) is 0 Å². The molecule has 3 heteroatoms. The maximum atomic E-state index is 5.53. The molecule has 82 valence electrons. The number of halogens is 1. The molecule has 0 unspecified atom stereocenters. The number of nitrogens with one attached hydrogen (secondary N) is 1. The molecule has 0 aromatic heterocycles. The van der Waals surface area contributed by atoms with Crippen molar-refractivity contribution in [1.82, 2.24) is 0 Å². The Morgan fingerprint density at radius 2 is 2.13 bits per heavy atom. The minimum absolute atomic E-state index is 0.557. The first-order valence-electron chi connectivity index (χ1n) is 4.90. The van der Waals surface area contributed by atoms with Gasteiger partial charge in [-0.1, -0.05) is 30.4 Å². The van der Waals surface area contributed by atoms with Crippen LogP contribution in [0.1, 0.15) is 5.56 Å². The summed E-state index contributed by atoms with van der Waals surface area (Å²) in [4.78, 5) is 0. The Morgan fingerprint density at radius 3 is 2.87 bits per heavy atom. The van der Waals surface area contributed by atoms with Crippen molar-refractivity contribution in [2.75, 3.05) is 24.9 Å². The molecule has 0 spiro atoms. The van der Waals surface area contributed by atoms with Crippen molar-refractivity contribution in [3.05, 3.63) is 42.0 Å². The second kappa shape index (κ2) is 7.32. The lowest BCUT2D eigenvalue weighted by atomic mass is 10.2. The molecule has 0 amide bonds. The highest BCUT2D eigenvalue weighted by Gasteiger charge is 1.98. The Morgan fingerprint density at radius 1 is 1.33 bits per heavy atom. The van der Waals surface area contributed by atoms with E-state index in [9.17, 15) is 0 Å². The van der Waals surface area contributed by atoms with E-state index in [1.807, 2.05) is 30.4 Å². The van der Waals surface area contributed by atoms with Crippen LogP contribution in [0.4, 0.5) is 5.69 Å². The molecule has 1 N–H and O–H groups in total. The summed E-state index contributed by atoms with van der Waals surface area (Å²) in [5.41, 5.74) is 2.28. The van der Waals surface area contributed by atoms with E-state index in [1.54, 1.807) is 7.11 Å². The normalized spacial score (nSPS) is 10.8. The number of rotatable bonds is 6. The molecule has 0 aliphatic rings. The molecule has 2 nitrogen and oxygen atoms in total. The van der Waals surface area contributed by atoms with Gasteiger partial charge in [-0.3, -0.25) is 0 Å². The molecule has 0 fully saturated rings. The first kappa shape index (κ1) is 12.1. The molecule has 0 aliphatic heterocycles. The fourth-order valence-electron chi connectivity index (χ4n) is 1.29. The van der Waals surface area contributed by atoms with Gasteiger partial charge >= 0.3 is 0 Å². The van der Waals surface area contributed by atoms with Gasteiger partial charge in [-0.2, -0.15) is 0 Å². The molecule has 1 aromatic carbocycles. The Balaban J connectivity index is 2.55. The number of benzene rings is 1. The average molecular weight is 226 g/mol. The summed E-state index contributed by atoms with van der Waals surface area (Å²) in [6, 6.07) is 8.11. The third-order valence-electron chi connectivity index (χ3n) is 1.98. The van der Waals surface area contributed by atoms with E-state index in [-0.39, 0.29) is 0 Å². The van der Waals surface area contributed by atoms with Crippen LogP contribution in [0.2, 0.25) is 0 Å². The van der Waals surface area contributed by atoms with Gasteiger partial charge < -0.3 is 10.1 Å².